The third-order valence-electron chi connectivity index (χ3n) is 3.47. The number of nitrogens with one attached hydrogen (secondary N) is 2. The van der Waals surface area contributed by atoms with Crippen molar-refractivity contribution in [3.05, 3.63) is 34.2 Å². The van der Waals surface area contributed by atoms with E-state index in [0.717, 1.165) is 25.2 Å². The van der Waals surface area contributed by atoms with E-state index in [1.165, 1.54) is 16.7 Å². The first-order valence-corrected chi connectivity index (χ1v) is 9.13. The van der Waals surface area contributed by atoms with Crippen LogP contribution in [0.25, 0.3) is 0 Å². The highest BCUT2D eigenvalue weighted by Crippen LogP contribution is 2.48. The molecule has 2 atom stereocenters. The Balaban J connectivity index is 2.10. The van der Waals surface area contributed by atoms with Gasteiger partial charge in [0.2, 0.25) is 5.91 Å². The Hall–Kier alpha value is -1.11. The molecule has 4 nitrogen and oxygen atoms in total. The highest BCUT2D eigenvalue weighted by Gasteiger charge is 2.28. The molecule has 2 N–H and O–H groups in total. The second-order valence-corrected chi connectivity index (χ2v) is 7.79. The molecule has 0 saturated carbocycles. The number of anilines is 1. The molecule has 120 valence electrons. The highest BCUT2D eigenvalue weighted by molar-refractivity contribution is 8.03. The van der Waals surface area contributed by atoms with Crippen molar-refractivity contribution in [1.82, 2.24) is 10.3 Å². The molecule has 6 heteroatoms. The van der Waals surface area contributed by atoms with Crippen molar-refractivity contribution in [2.45, 2.75) is 32.4 Å². The quantitative estimate of drug-likeness (QED) is 0.611. The number of nitrogens with zero attached hydrogens (tertiary/aromatic N) is 1. The van der Waals surface area contributed by atoms with Crippen LogP contribution in [0.2, 0.25) is 0 Å². The zero-order valence-electron chi connectivity index (χ0n) is 13.3. The number of thiazole rings is 1. The Morgan fingerprint density at radius 1 is 1.59 bits per heavy atom. The fourth-order valence-electron chi connectivity index (χ4n) is 2.37. The van der Waals surface area contributed by atoms with Crippen LogP contribution >= 0.6 is 23.1 Å². The lowest BCUT2D eigenvalue weighted by molar-refractivity contribution is -0.114. The fourth-order valence-corrected chi connectivity index (χ4v) is 5.11. The first kappa shape index (κ1) is 17.2. The number of aromatic nitrogens is 1. The van der Waals surface area contributed by atoms with Gasteiger partial charge in [-0.1, -0.05) is 19.1 Å². The summed E-state index contributed by atoms with van der Waals surface area (Å²) in [7, 11) is 0. The van der Waals surface area contributed by atoms with Gasteiger partial charge < -0.3 is 10.6 Å². The first-order valence-electron chi connectivity index (χ1n) is 7.43. The monoisotopic (exact) mass is 337 g/mol. The fraction of sp³-hybridized carbons (Fsp3) is 0.500. The maximum atomic E-state index is 11.2. The van der Waals surface area contributed by atoms with Gasteiger partial charge in [0.05, 0.1) is 5.69 Å². The SMILES string of the molecule is C=CCNCC1=CC[C@H](C)[C@@H](c2sc(NC(C)=O)nc2C)S1. The van der Waals surface area contributed by atoms with Gasteiger partial charge in [-0.15, -0.1) is 29.7 Å². The van der Waals surface area contributed by atoms with Gasteiger partial charge in [-0.3, -0.25) is 4.79 Å². The first-order chi connectivity index (χ1) is 10.5. The number of hydrogen-bond acceptors (Lipinski definition) is 5. The summed E-state index contributed by atoms with van der Waals surface area (Å²) in [6.45, 7) is 11.3. The third-order valence-corrected chi connectivity index (χ3v) is 6.35. The molecule has 0 spiro atoms. The van der Waals surface area contributed by atoms with E-state index in [4.69, 9.17) is 0 Å². The molecule has 0 bridgehead atoms. The number of carbonyl (C=O) groups is 1. The Morgan fingerprint density at radius 2 is 2.36 bits per heavy atom. The Labute approximate surface area is 140 Å². The van der Waals surface area contributed by atoms with Crippen LogP contribution in [0.1, 0.15) is 36.1 Å². The van der Waals surface area contributed by atoms with Crippen molar-refractivity contribution in [3.8, 4) is 0 Å². The smallest absolute Gasteiger partial charge is 0.223 e. The number of aryl methyl sites for hydroxylation is 1. The second kappa shape index (κ2) is 7.94. The Bertz CT molecular complexity index is 580. The largest absolute Gasteiger partial charge is 0.309 e. The van der Waals surface area contributed by atoms with Crippen molar-refractivity contribution in [1.29, 1.82) is 0 Å². The summed E-state index contributed by atoms with van der Waals surface area (Å²) >= 11 is 3.51. The van der Waals surface area contributed by atoms with E-state index in [9.17, 15) is 4.79 Å². The van der Waals surface area contributed by atoms with Gasteiger partial charge in [-0.25, -0.2) is 4.98 Å². The second-order valence-electron chi connectivity index (χ2n) is 5.49. The van der Waals surface area contributed by atoms with E-state index in [1.54, 1.807) is 11.3 Å². The molecule has 2 rings (SSSR count). The average molecular weight is 338 g/mol. The van der Waals surface area contributed by atoms with Crippen molar-refractivity contribution in [2.75, 3.05) is 18.4 Å². The van der Waals surface area contributed by atoms with Gasteiger partial charge in [-0.2, -0.15) is 0 Å². The molecule has 1 aromatic rings. The normalized spacial score (nSPS) is 21.3. The number of hydrogen-bond donors (Lipinski definition) is 2. The molecule has 1 aliphatic heterocycles. The van der Waals surface area contributed by atoms with Crippen molar-refractivity contribution >= 4 is 34.1 Å². The van der Waals surface area contributed by atoms with Gasteiger partial charge in [-0.05, 0) is 24.2 Å². The van der Waals surface area contributed by atoms with Gasteiger partial charge in [0.25, 0.3) is 0 Å². The number of carbonyl (C=O) groups excluding carboxylic acids is 1. The topological polar surface area (TPSA) is 54.0 Å². The lowest BCUT2D eigenvalue weighted by Crippen LogP contribution is -2.19. The Morgan fingerprint density at radius 3 is 3.05 bits per heavy atom. The summed E-state index contributed by atoms with van der Waals surface area (Å²) in [5, 5.41) is 7.27. The van der Waals surface area contributed by atoms with Crippen LogP contribution in [0, 0.1) is 12.8 Å². The molecule has 0 aliphatic carbocycles. The lowest BCUT2D eigenvalue weighted by atomic mass is 10.0. The number of allylic oxidation sites excluding steroid dienone is 1. The predicted molar refractivity (Wildman–Crippen MR) is 96.4 cm³/mol. The van der Waals surface area contributed by atoms with Crippen LogP contribution in [0.4, 0.5) is 5.13 Å². The van der Waals surface area contributed by atoms with Crippen LogP contribution < -0.4 is 10.6 Å². The minimum absolute atomic E-state index is 0.0705. The average Bonchev–Trinajstić information content (AvgIpc) is 2.80. The molecule has 0 aromatic carbocycles. The zero-order chi connectivity index (χ0) is 16.1. The van der Waals surface area contributed by atoms with E-state index in [-0.39, 0.29) is 5.91 Å². The molecule has 1 aliphatic rings. The molecule has 1 amide bonds. The van der Waals surface area contributed by atoms with Crippen LogP contribution in [0.3, 0.4) is 0 Å². The van der Waals surface area contributed by atoms with E-state index >= 15 is 0 Å². The molecule has 0 radical (unpaired) electrons. The standard InChI is InChI=1S/C16H23N3OS2/c1-5-8-17-9-13-7-6-10(2)14(21-13)15-11(3)18-16(22-15)19-12(4)20/h5,7,10,14,17H,1,6,8-9H2,2-4H3,(H,18,19,20)/t10-,14-/m0/s1. The molecular formula is C16H23N3OS2. The number of thioether (sulfide) groups is 1. The van der Waals surface area contributed by atoms with Gasteiger partial charge in [0.15, 0.2) is 5.13 Å². The van der Waals surface area contributed by atoms with Crippen LogP contribution in [0.15, 0.2) is 23.6 Å². The molecule has 1 aromatic heterocycles. The van der Waals surface area contributed by atoms with E-state index < -0.39 is 0 Å². The zero-order valence-corrected chi connectivity index (χ0v) is 14.9. The van der Waals surface area contributed by atoms with Crippen LogP contribution in [0.5, 0.6) is 0 Å². The molecule has 0 fully saturated rings. The summed E-state index contributed by atoms with van der Waals surface area (Å²) in [6.07, 6.45) is 5.28. The maximum absolute atomic E-state index is 11.2. The van der Waals surface area contributed by atoms with Gasteiger partial charge in [0.1, 0.15) is 0 Å². The minimum Gasteiger partial charge on any atom is -0.309 e. The summed E-state index contributed by atoms with van der Waals surface area (Å²) in [4.78, 5) is 18.3. The molecule has 0 unspecified atom stereocenters. The van der Waals surface area contributed by atoms with Crippen LogP contribution in [-0.4, -0.2) is 24.0 Å². The molecule has 2 heterocycles. The maximum Gasteiger partial charge on any atom is 0.223 e. The Kier molecular flexibility index (Phi) is 6.23. The summed E-state index contributed by atoms with van der Waals surface area (Å²) < 4.78 is 0. The summed E-state index contributed by atoms with van der Waals surface area (Å²) in [5.74, 6) is 0.497. The number of rotatable bonds is 6. The highest BCUT2D eigenvalue weighted by atomic mass is 32.2. The van der Waals surface area contributed by atoms with Crippen LogP contribution in [-0.2, 0) is 4.79 Å². The van der Waals surface area contributed by atoms with E-state index in [0.29, 0.717) is 16.3 Å². The van der Waals surface area contributed by atoms with Crippen molar-refractivity contribution in [2.24, 2.45) is 5.92 Å². The van der Waals surface area contributed by atoms with E-state index in [2.05, 4.69) is 35.2 Å². The molecule has 22 heavy (non-hydrogen) atoms. The predicted octanol–water partition coefficient (Wildman–Crippen LogP) is 3.88. The third kappa shape index (κ3) is 4.44. The minimum atomic E-state index is -0.0705. The van der Waals surface area contributed by atoms with E-state index in [1.807, 2.05) is 24.8 Å². The van der Waals surface area contributed by atoms with Gasteiger partial charge in [0, 0.05) is 30.1 Å². The summed E-state index contributed by atoms with van der Waals surface area (Å²) in [5.41, 5.74) is 1.03. The molecule has 0 saturated heterocycles. The number of amides is 1. The van der Waals surface area contributed by atoms with Crippen molar-refractivity contribution in [3.63, 3.8) is 0 Å². The molecular weight excluding hydrogens is 314 g/mol. The lowest BCUT2D eigenvalue weighted by Gasteiger charge is -2.28. The summed E-state index contributed by atoms with van der Waals surface area (Å²) in [6, 6.07) is 0. The van der Waals surface area contributed by atoms with Gasteiger partial charge >= 0.3 is 0 Å². The van der Waals surface area contributed by atoms with Crippen molar-refractivity contribution < 1.29 is 4.79 Å².